The molecule has 1 N–H and O–H groups in total. The van der Waals surface area contributed by atoms with Crippen molar-refractivity contribution in [3.05, 3.63) is 0 Å². The number of alkyl halides is 3. The minimum atomic E-state index is -4.13. The molecular weight excluding hydrogens is 205 g/mol. The molecule has 0 aromatic heterocycles. The number of likely N-dealkylation sites (N-methyl/N-ethyl adjacent to an activating group) is 1. The van der Waals surface area contributed by atoms with Gasteiger partial charge in [0.2, 0.25) is 0 Å². The largest absolute Gasteiger partial charge is 0.408 e. The highest BCUT2D eigenvalue weighted by Crippen LogP contribution is 2.45. The van der Waals surface area contributed by atoms with E-state index < -0.39 is 11.7 Å². The Kier molecular flexibility index (Phi) is 2.71. The first-order valence-corrected chi connectivity index (χ1v) is 5.54. The zero-order valence-corrected chi connectivity index (χ0v) is 8.90. The first kappa shape index (κ1) is 11.2. The van der Waals surface area contributed by atoms with Crippen LogP contribution in [-0.2, 0) is 0 Å². The third-order valence-electron chi connectivity index (χ3n) is 3.76. The van der Waals surface area contributed by atoms with E-state index in [-0.39, 0.29) is 12.5 Å². The molecule has 0 radical (unpaired) electrons. The van der Waals surface area contributed by atoms with Crippen LogP contribution in [0.15, 0.2) is 0 Å². The van der Waals surface area contributed by atoms with Crippen LogP contribution in [0.2, 0.25) is 0 Å². The predicted octanol–water partition coefficient (Wildman–Crippen LogP) is 1.62. The smallest absolute Gasteiger partial charge is 0.303 e. The van der Waals surface area contributed by atoms with Crippen LogP contribution in [0.5, 0.6) is 0 Å². The molecule has 0 spiro atoms. The molecule has 3 fully saturated rings. The molecule has 0 amide bonds. The van der Waals surface area contributed by atoms with Crippen molar-refractivity contribution < 1.29 is 13.2 Å². The summed E-state index contributed by atoms with van der Waals surface area (Å²) >= 11 is 0. The Bertz CT molecular complexity index is 233. The number of piperidine rings is 3. The monoisotopic (exact) mass is 222 g/mol. The van der Waals surface area contributed by atoms with Crippen molar-refractivity contribution in [2.24, 2.45) is 5.92 Å². The van der Waals surface area contributed by atoms with Gasteiger partial charge in [0.1, 0.15) is 5.54 Å². The molecule has 0 saturated carbocycles. The van der Waals surface area contributed by atoms with Gasteiger partial charge in [0.15, 0.2) is 0 Å². The fourth-order valence-corrected chi connectivity index (χ4v) is 3.00. The Morgan fingerprint density at radius 3 is 2.27 bits per heavy atom. The second-order valence-corrected chi connectivity index (χ2v) is 4.55. The summed E-state index contributed by atoms with van der Waals surface area (Å²) < 4.78 is 39.5. The molecule has 3 saturated heterocycles. The zero-order chi connectivity index (χ0) is 11.1. The number of fused-ring (bicyclic) bond motifs is 3. The predicted molar refractivity (Wildman–Crippen MR) is 51.6 cm³/mol. The summed E-state index contributed by atoms with van der Waals surface area (Å²) in [5, 5.41) is 2.70. The molecule has 0 aromatic carbocycles. The Morgan fingerprint density at radius 2 is 1.93 bits per heavy atom. The normalized spacial score (nSPS) is 40.8. The van der Waals surface area contributed by atoms with Gasteiger partial charge in [0.05, 0.1) is 0 Å². The second kappa shape index (κ2) is 3.63. The van der Waals surface area contributed by atoms with Gasteiger partial charge in [-0.05, 0) is 38.4 Å². The average Bonchev–Trinajstić information content (AvgIpc) is 2.18. The minimum Gasteiger partial charge on any atom is -0.303 e. The van der Waals surface area contributed by atoms with Crippen molar-refractivity contribution in [1.29, 1.82) is 0 Å². The summed E-state index contributed by atoms with van der Waals surface area (Å²) in [6.07, 6.45) is -2.79. The van der Waals surface area contributed by atoms with Crippen molar-refractivity contribution in [3.63, 3.8) is 0 Å². The fraction of sp³-hybridized carbons (Fsp3) is 1.00. The van der Waals surface area contributed by atoms with Crippen molar-refractivity contribution >= 4 is 0 Å². The van der Waals surface area contributed by atoms with Crippen LogP contribution in [0.3, 0.4) is 0 Å². The van der Waals surface area contributed by atoms with Gasteiger partial charge in [0, 0.05) is 6.54 Å². The zero-order valence-electron chi connectivity index (χ0n) is 8.90. The van der Waals surface area contributed by atoms with Crippen LogP contribution in [0.1, 0.15) is 19.8 Å². The van der Waals surface area contributed by atoms with Crippen LogP contribution < -0.4 is 5.32 Å². The van der Waals surface area contributed by atoms with Crippen molar-refractivity contribution in [3.8, 4) is 0 Å². The quantitative estimate of drug-likeness (QED) is 0.763. The van der Waals surface area contributed by atoms with Gasteiger partial charge in [-0.3, -0.25) is 0 Å². The van der Waals surface area contributed by atoms with Gasteiger partial charge >= 0.3 is 6.18 Å². The molecule has 3 rings (SSSR count). The van der Waals surface area contributed by atoms with E-state index in [0.29, 0.717) is 19.4 Å². The molecule has 3 heterocycles. The molecule has 1 unspecified atom stereocenters. The van der Waals surface area contributed by atoms with E-state index in [9.17, 15) is 13.2 Å². The SMILES string of the molecule is CCNC1(C(F)(F)F)CN2CCC1CC2. The first-order valence-electron chi connectivity index (χ1n) is 5.54. The summed E-state index contributed by atoms with van der Waals surface area (Å²) in [7, 11) is 0. The first-order chi connectivity index (χ1) is 6.99. The van der Waals surface area contributed by atoms with Crippen LogP contribution in [0.4, 0.5) is 13.2 Å². The van der Waals surface area contributed by atoms with Crippen molar-refractivity contribution in [1.82, 2.24) is 10.2 Å². The van der Waals surface area contributed by atoms with E-state index in [2.05, 4.69) is 5.32 Å². The summed E-state index contributed by atoms with van der Waals surface area (Å²) in [4.78, 5) is 1.93. The summed E-state index contributed by atoms with van der Waals surface area (Å²) in [6, 6.07) is 0. The van der Waals surface area contributed by atoms with Gasteiger partial charge in [-0.1, -0.05) is 6.92 Å². The molecule has 2 nitrogen and oxygen atoms in total. The fourth-order valence-electron chi connectivity index (χ4n) is 3.00. The van der Waals surface area contributed by atoms with E-state index in [0.717, 1.165) is 13.1 Å². The van der Waals surface area contributed by atoms with Crippen LogP contribution in [0, 0.1) is 5.92 Å². The van der Waals surface area contributed by atoms with Gasteiger partial charge in [-0.25, -0.2) is 0 Å². The Labute approximate surface area is 87.8 Å². The number of hydrogen-bond acceptors (Lipinski definition) is 2. The van der Waals surface area contributed by atoms with E-state index in [1.807, 2.05) is 4.90 Å². The molecule has 0 aliphatic carbocycles. The molecule has 5 heteroatoms. The standard InChI is InChI=1S/C10H17F3N2/c1-2-14-9(10(11,12)13)7-15-5-3-8(9)4-6-15/h8,14H,2-7H2,1H3. The van der Waals surface area contributed by atoms with E-state index in [4.69, 9.17) is 0 Å². The molecular formula is C10H17F3N2. The Hall–Kier alpha value is -0.290. The Balaban J connectivity index is 2.26. The lowest BCUT2D eigenvalue weighted by atomic mass is 9.72. The highest BCUT2D eigenvalue weighted by molar-refractivity contribution is 5.08. The lowest BCUT2D eigenvalue weighted by Crippen LogP contribution is -2.72. The third kappa shape index (κ3) is 1.65. The number of rotatable bonds is 2. The van der Waals surface area contributed by atoms with Gasteiger partial charge in [-0.15, -0.1) is 0 Å². The molecule has 3 aliphatic heterocycles. The number of nitrogens with one attached hydrogen (secondary N) is 1. The maximum absolute atomic E-state index is 13.2. The lowest BCUT2D eigenvalue weighted by molar-refractivity contribution is -0.237. The maximum atomic E-state index is 13.2. The van der Waals surface area contributed by atoms with Gasteiger partial charge in [0.25, 0.3) is 0 Å². The van der Waals surface area contributed by atoms with E-state index in [1.165, 1.54) is 0 Å². The maximum Gasteiger partial charge on any atom is 0.408 e. The lowest BCUT2D eigenvalue weighted by Gasteiger charge is -2.54. The van der Waals surface area contributed by atoms with E-state index in [1.54, 1.807) is 6.92 Å². The summed E-state index contributed by atoms with van der Waals surface area (Å²) in [5.74, 6) is -0.234. The number of nitrogens with zero attached hydrogens (tertiary/aromatic N) is 1. The topological polar surface area (TPSA) is 15.3 Å². The summed E-state index contributed by atoms with van der Waals surface area (Å²) in [6.45, 7) is 3.91. The molecule has 1 atom stereocenters. The van der Waals surface area contributed by atoms with Crippen LogP contribution in [-0.4, -0.2) is 42.8 Å². The highest BCUT2D eigenvalue weighted by atomic mass is 19.4. The third-order valence-corrected chi connectivity index (χ3v) is 3.76. The molecule has 2 bridgehead atoms. The van der Waals surface area contributed by atoms with Crippen molar-refractivity contribution in [2.75, 3.05) is 26.2 Å². The molecule has 3 aliphatic rings. The summed E-state index contributed by atoms with van der Waals surface area (Å²) in [5.41, 5.74) is -1.64. The van der Waals surface area contributed by atoms with Gasteiger partial charge < -0.3 is 10.2 Å². The highest BCUT2D eigenvalue weighted by Gasteiger charge is 2.62. The Morgan fingerprint density at radius 1 is 1.33 bits per heavy atom. The van der Waals surface area contributed by atoms with Crippen LogP contribution >= 0.6 is 0 Å². The van der Waals surface area contributed by atoms with E-state index >= 15 is 0 Å². The van der Waals surface area contributed by atoms with Crippen molar-refractivity contribution in [2.45, 2.75) is 31.5 Å². The van der Waals surface area contributed by atoms with Gasteiger partial charge in [-0.2, -0.15) is 13.2 Å². The molecule has 0 aromatic rings. The minimum absolute atomic E-state index is 0.134. The number of halogens is 3. The average molecular weight is 222 g/mol. The second-order valence-electron chi connectivity index (χ2n) is 4.55. The molecule has 15 heavy (non-hydrogen) atoms. The molecule has 88 valence electrons. The number of hydrogen-bond donors (Lipinski definition) is 1. The van der Waals surface area contributed by atoms with Crippen LogP contribution in [0.25, 0.3) is 0 Å².